The molecule has 0 rings (SSSR count). The molecular formula is C5H10Zn. The Bertz CT molecular complexity index is 274. The monoisotopic (exact) mass is 134 g/mol. The summed E-state index contributed by atoms with van der Waals surface area (Å²) in [5.41, 5.74) is 0. The summed E-state index contributed by atoms with van der Waals surface area (Å²) in [6.45, 7) is 0. The summed E-state index contributed by atoms with van der Waals surface area (Å²) in [5, 5.41) is 18.4. The predicted molar refractivity (Wildman–Crippen MR) is 35.6 cm³/mol. The van der Waals surface area contributed by atoms with Gasteiger partial charge in [0, 0.05) is 0 Å². The maximum atomic E-state index is 3.68. The molecule has 0 radical (unpaired) electrons. The van der Waals surface area contributed by atoms with Crippen molar-refractivity contribution in [3.63, 3.8) is 0 Å². The van der Waals surface area contributed by atoms with Gasteiger partial charge in [0.05, 0.1) is 0 Å². The Morgan fingerprint density at radius 1 is 0.667 bits per heavy atom. The van der Waals surface area contributed by atoms with Crippen LogP contribution < -0.4 is 0 Å². The topological polar surface area (TPSA) is 0 Å². The zero-order chi connectivity index (χ0) is 5.45. The zero-order valence-corrected chi connectivity index (χ0v) is 7.21. The summed E-state index contributed by atoms with van der Waals surface area (Å²) < 4.78 is 0. The van der Waals surface area contributed by atoms with Crippen LogP contribution in [0.25, 0.3) is 0 Å². The average molecular weight is 136 g/mol. The summed E-state index contributed by atoms with van der Waals surface area (Å²) in [6, 6.07) is 0. The van der Waals surface area contributed by atoms with E-state index in [-0.39, 0.29) is 0 Å². The molecular weight excluding hydrogens is 125 g/mol. The molecule has 0 aliphatic rings. The van der Waals surface area contributed by atoms with E-state index >= 15 is 0 Å². The molecule has 0 nitrogen and oxygen atoms in total. The van der Waals surface area contributed by atoms with Crippen LogP contribution in [0.2, 0.25) is 0 Å². The molecule has 0 aliphatic carbocycles. The van der Waals surface area contributed by atoms with Gasteiger partial charge in [-0.05, 0) is 0 Å². The molecule has 0 unspecified atom stereocenters. The van der Waals surface area contributed by atoms with Crippen LogP contribution in [0.5, 0.6) is 0 Å². The van der Waals surface area contributed by atoms with Crippen molar-refractivity contribution in [2.45, 2.75) is 0 Å². The van der Waals surface area contributed by atoms with Crippen molar-refractivity contribution in [1.82, 2.24) is 0 Å². The molecule has 0 saturated heterocycles. The van der Waals surface area contributed by atoms with Gasteiger partial charge in [0.2, 0.25) is 0 Å². The molecule has 0 aliphatic heterocycles. The van der Waals surface area contributed by atoms with Crippen molar-refractivity contribution < 1.29 is 11.3 Å². The van der Waals surface area contributed by atoms with Crippen LogP contribution in [0.4, 0.5) is 0 Å². The molecule has 0 atom stereocenters. The first-order chi connectivity index (χ1) is 2.24. The Balaban J connectivity index is 7.45. The van der Waals surface area contributed by atoms with E-state index in [2.05, 4.69) is 25.6 Å². The predicted octanol–water partition coefficient (Wildman–Crippen LogP) is -0.164. The van der Waals surface area contributed by atoms with Gasteiger partial charge in [0.25, 0.3) is 0 Å². The fourth-order valence-corrected chi connectivity index (χ4v) is 0. The summed E-state index contributed by atoms with van der Waals surface area (Å²) in [6.07, 6.45) is 0. The molecule has 0 fully saturated rings. The number of hydrogen-bond acceptors (Lipinski definition) is 0. The van der Waals surface area contributed by atoms with Crippen molar-refractivity contribution in [3.8, 4) is 0 Å². The molecule has 0 saturated carbocycles. The number of rotatable bonds is 0. The van der Waals surface area contributed by atoms with E-state index in [1.165, 1.54) is 0 Å². The molecule has 0 bridgehead atoms. The number of hydrogen-bond donors (Lipinski definition) is 0. The minimum atomic E-state index is -3.08. The van der Waals surface area contributed by atoms with E-state index in [0.717, 1.165) is 0 Å². The minimum absolute atomic E-state index is 3.08. The molecule has 0 amide bonds. The van der Waals surface area contributed by atoms with Crippen molar-refractivity contribution in [1.29, 1.82) is 0 Å². The third-order valence-electron chi connectivity index (χ3n) is 0. The van der Waals surface area contributed by atoms with Crippen molar-refractivity contribution >= 4 is 25.6 Å². The van der Waals surface area contributed by atoms with Gasteiger partial charge < -0.3 is 0 Å². The Morgan fingerprint density at radius 3 is 0.667 bits per heavy atom. The fraction of sp³-hybridized carbons (Fsp3) is 0. The SMILES string of the molecule is [CH2]=[Zn](=[CH2])(=[CH2])(=[CH2])=[CH2]. The van der Waals surface area contributed by atoms with Gasteiger partial charge in [-0.1, -0.05) is 0 Å². The van der Waals surface area contributed by atoms with E-state index in [1.807, 2.05) is 0 Å². The fourth-order valence-electron chi connectivity index (χ4n) is 0. The summed E-state index contributed by atoms with van der Waals surface area (Å²) in [5.74, 6) is 0. The average Bonchev–Trinajstić information content (AvgIpc) is 0.650. The molecule has 32 valence electrons. The Hall–Kier alpha value is -0.0266. The normalized spacial score (nSPS) is 18.3. The van der Waals surface area contributed by atoms with E-state index < -0.39 is 11.3 Å². The van der Waals surface area contributed by atoms with Crippen LogP contribution in [0, 0.1) is 0 Å². The first kappa shape index (κ1) is 5.97. The molecule has 0 aromatic heterocycles. The van der Waals surface area contributed by atoms with Crippen LogP contribution in [0.3, 0.4) is 0 Å². The van der Waals surface area contributed by atoms with Crippen LogP contribution in [0.15, 0.2) is 0 Å². The molecule has 6 heavy (non-hydrogen) atoms. The van der Waals surface area contributed by atoms with E-state index in [4.69, 9.17) is 0 Å². The van der Waals surface area contributed by atoms with Gasteiger partial charge in [-0.3, -0.25) is 0 Å². The molecule has 0 spiro atoms. The first-order valence-corrected chi connectivity index (χ1v) is 13.0. The molecule has 0 aromatic rings. The third kappa shape index (κ3) is 49600. The summed E-state index contributed by atoms with van der Waals surface area (Å²) in [4.78, 5) is 0. The molecule has 0 N–H and O–H groups in total. The van der Waals surface area contributed by atoms with Crippen molar-refractivity contribution in [2.24, 2.45) is 0 Å². The van der Waals surface area contributed by atoms with Crippen LogP contribution in [-0.4, -0.2) is 25.6 Å². The van der Waals surface area contributed by atoms with Gasteiger partial charge in [0.15, 0.2) is 0 Å². The Labute approximate surface area is 37.4 Å². The van der Waals surface area contributed by atoms with Gasteiger partial charge >= 0.3 is 36.9 Å². The van der Waals surface area contributed by atoms with E-state index in [0.29, 0.717) is 0 Å². The second-order valence-electron chi connectivity index (χ2n) is 3.54. The molecule has 0 heterocycles. The molecule has 0 aromatic carbocycles. The zero-order valence-electron chi connectivity index (χ0n) is 4.24. The van der Waals surface area contributed by atoms with Gasteiger partial charge in [-0.15, -0.1) is 0 Å². The van der Waals surface area contributed by atoms with Crippen LogP contribution in [0.1, 0.15) is 0 Å². The maximum absolute atomic E-state index is 3.68. The van der Waals surface area contributed by atoms with Gasteiger partial charge in [-0.2, -0.15) is 0 Å². The molecule has 1 heteroatoms. The van der Waals surface area contributed by atoms with Crippen LogP contribution >= 0.6 is 0 Å². The Morgan fingerprint density at radius 2 is 0.667 bits per heavy atom. The standard InChI is InChI=1S/5CH2.Zn/h5*1H2;. The van der Waals surface area contributed by atoms with E-state index in [1.54, 1.807) is 0 Å². The quantitative estimate of drug-likeness (QED) is 0.405. The van der Waals surface area contributed by atoms with Crippen LogP contribution in [-0.2, 0) is 11.3 Å². The van der Waals surface area contributed by atoms with Gasteiger partial charge in [-0.25, -0.2) is 0 Å². The second kappa shape index (κ2) is 0.789. The summed E-state index contributed by atoms with van der Waals surface area (Å²) in [7, 11) is 0. The van der Waals surface area contributed by atoms with Crippen molar-refractivity contribution in [2.75, 3.05) is 0 Å². The van der Waals surface area contributed by atoms with Crippen molar-refractivity contribution in [3.05, 3.63) is 0 Å². The first-order valence-electron chi connectivity index (χ1n) is 2.50. The third-order valence-corrected chi connectivity index (χ3v) is 0. The summed E-state index contributed by atoms with van der Waals surface area (Å²) >= 11 is -3.08. The Kier molecular flexibility index (Phi) is 0.786. The second-order valence-corrected chi connectivity index (χ2v) is 18.4. The van der Waals surface area contributed by atoms with E-state index in [9.17, 15) is 0 Å². The van der Waals surface area contributed by atoms with Gasteiger partial charge in [0.1, 0.15) is 0 Å².